The zero-order valence-electron chi connectivity index (χ0n) is 13.0. The molecular weight excluding hydrogens is 348 g/mol. The molecule has 0 spiro atoms. The molecule has 24 heavy (non-hydrogen) atoms. The topological polar surface area (TPSA) is 89.3 Å². The normalized spacial score (nSPS) is 11.2. The molecule has 0 unspecified atom stereocenters. The molecule has 2 aromatic rings. The summed E-state index contributed by atoms with van der Waals surface area (Å²) in [5, 5.41) is 8.48. The fraction of sp³-hybridized carbons (Fsp3) is 0.235. The van der Waals surface area contributed by atoms with Crippen molar-refractivity contribution in [3.63, 3.8) is 0 Å². The Morgan fingerprint density at radius 3 is 2.46 bits per heavy atom. The second-order valence-corrected chi connectivity index (χ2v) is 7.59. The molecule has 0 bridgehead atoms. The summed E-state index contributed by atoms with van der Waals surface area (Å²) in [6.45, 7) is 0. The van der Waals surface area contributed by atoms with Gasteiger partial charge in [0.2, 0.25) is 15.9 Å². The highest BCUT2D eigenvalue weighted by Crippen LogP contribution is 2.14. The van der Waals surface area contributed by atoms with Gasteiger partial charge in [0.25, 0.3) is 0 Å². The largest absolute Gasteiger partial charge is 0.326 e. The summed E-state index contributed by atoms with van der Waals surface area (Å²) in [4.78, 5) is 12.0. The molecule has 0 atom stereocenters. The Morgan fingerprint density at radius 1 is 1.08 bits per heavy atom. The second-order valence-electron chi connectivity index (χ2n) is 5.54. The van der Waals surface area contributed by atoms with E-state index in [9.17, 15) is 13.2 Å². The monoisotopic (exact) mass is 366 g/mol. The van der Waals surface area contributed by atoms with Gasteiger partial charge in [0.15, 0.2) is 0 Å². The second kappa shape index (κ2) is 8.28. The Hall–Kier alpha value is -1.89. The van der Waals surface area contributed by atoms with E-state index in [0.717, 1.165) is 12.0 Å². The minimum absolute atomic E-state index is 0.114. The zero-order valence-corrected chi connectivity index (χ0v) is 14.6. The number of aryl methyl sites for hydroxylation is 1. The predicted molar refractivity (Wildman–Crippen MR) is 96.3 cm³/mol. The van der Waals surface area contributed by atoms with Gasteiger partial charge in [0, 0.05) is 17.1 Å². The number of benzene rings is 2. The van der Waals surface area contributed by atoms with Crippen LogP contribution in [0.3, 0.4) is 0 Å². The number of nitrogens with two attached hydrogens (primary N) is 1. The van der Waals surface area contributed by atoms with Crippen molar-refractivity contribution in [3.8, 4) is 0 Å². The van der Waals surface area contributed by atoms with Crippen LogP contribution < -0.4 is 10.5 Å². The summed E-state index contributed by atoms with van der Waals surface area (Å²) in [5.41, 5.74) is 2.23. The highest BCUT2D eigenvalue weighted by molar-refractivity contribution is 7.88. The van der Waals surface area contributed by atoms with Crippen LogP contribution in [0.15, 0.2) is 48.5 Å². The highest BCUT2D eigenvalue weighted by Gasteiger charge is 2.07. The summed E-state index contributed by atoms with van der Waals surface area (Å²) < 4.78 is 22.2. The van der Waals surface area contributed by atoms with Crippen molar-refractivity contribution in [1.29, 1.82) is 0 Å². The Kier molecular flexibility index (Phi) is 6.36. The smallest absolute Gasteiger partial charge is 0.224 e. The van der Waals surface area contributed by atoms with Crippen molar-refractivity contribution in [2.75, 3.05) is 5.32 Å². The van der Waals surface area contributed by atoms with Crippen LogP contribution in [0.25, 0.3) is 0 Å². The molecule has 7 heteroatoms. The van der Waals surface area contributed by atoms with Crippen LogP contribution in [0.1, 0.15) is 24.0 Å². The number of primary sulfonamides is 1. The Balaban J connectivity index is 1.83. The van der Waals surface area contributed by atoms with Crippen LogP contribution in [0.4, 0.5) is 5.69 Å². The predicted octanol–water partition coefficient (Wildman–Crippen LogP) is 3.09. The van der Waals surface area contributed by atoms with E-state index in [1.807, 2.05) is 24.3 Å². The summed E-state index contributed by atoms with van der Waals surface area (Å²) >= 11 is 5.83. The molecule has 0 aliphatic heterocycles. The lowest BCUT2D eigenvalue weighted by atomic mass is 10.1. The molecule has 0 aliphatic rings. The van der Waals surface area contributed by atoms with Crippen LogP contribution in [-0.2, 0) is 27.0 Å². The number of nitrogens with one attached hydrogen (secondary N) is 1. The maximum absolute atomic E-state index is 12.0. The van der Waals surface area contributed by atoms with E-state index in [1.54, 1.807) is 24.3 Å². The van der Waals surface area contributed by atoms with Crippen molar-refractivity contribution in [3.05, 3.63) is 64.7 Å². The number of sulfonamides is 1. The lowest BCUT2D eigenvalue weighted by Crippen LogP contribution is -2.15. The molecule has 0 saturated carbocycles. The number of carbonyl (C=O) groups is 1. The van der Waals surface area contributed by atoms with Crippen molar-refractivity contribution in [2.45, 2.75) is 25.0 Å². The van der Waals surface area contributed by atoms with E-state index in [1.165, 1.54) is 0 Å². The molecule has 0 aromatic heterocycles. The number of halogens is 1. The zero-order chi connectivity index (χ0) is 17.6. The van der Waals surface area contributed by atoms with Crippen molar-refractivity contribution >= 4 is 33.2 Å². The first-order chi connectivity index (χ1) is 11.3. The quantitative estimate of drug-likeness (QED) is 0.789. The number of rotatable bonds is 7. The molecule has 1 amide bonds. The van der Waals surface area contributed by atoms with Gasteiger partial charge < -0.3 is 5.32 Å². The lowest BCUT2D eigenvalue weighted by Gasteiger charge is -2.07. The van der Waals surface area contributed by atoms with Crippen molar-refractivity contribution in [1.82, 2.24) is 0 Å². The third-order valence-electron chi connectivity index (χ3n) is 3.36. The van der Waals surface area contributed by atoms with Crippen molar-refractivity contribution < 1.29 is 13.2 Å². The number of amides is 1. The third-order valence-corrected chi connectivity index (χ3v) is 4.35. The van der Waals surface area contributed by atoms with Gasteiger partial charge in [-0.2, -0.15) is 0 Å². The third kappa shape index (κ3) is 6.70. The average molecular weight is 367 g/mol. The van der Waals surface area contributed by atoms with Crippen LogP contribution in [0.2, 0.25) is 5.02 Å². The summed E-state index contributed by atoms with van der Waals surface area (Å²) in [5.74, 6) is -0.371. The summed E-state index contributed by atoms with van der Waals surface area (Å²) in [7, 11) is -3.59. The van der Waals surface area contributed by atoms with Gasteiger partial charge in [0.1, 0.15) is 0 Å². The van der Waals surface area contributed by atoms with Crippen LogP contribution in [-0.4, -0.2) is 14.3 Å². The molecular formula is C17H19ClN2O3S. The molecule has 2 aromatic carbocycles. The number of hydrogen-bond acceptors (Lipinski definition) is 3. The highest BCUT2D eigenvalue weighted by atomic mass is 35.5. The molecule has 0 aliphatic carbocycles. The van der Waals surface area contributed by atoms with Gasteiger partial charge in [-0.15, -0.1) is 0 Å². The minimum Gasteiger partial charge on any atom is -0.326 e. The Labute approximate surface area is 146 Å². The minimum atomic E-state index is -3.59. The Morgan fingerprint density at radius 2 is 1.79 bits per heavy atom. The fourth-order valence-electron chi connectivity index (χ4n) is 2.30. The molecule has 5 nitrogen and oxygen atoms in total. The molecule has 0 saturated heterocycles. The van der Waals surface area contributed by atoms with Crippen LogP contribution in [0.5, 0.6) is 0 Å². The van der Waals surface area contributed by atoms with Gasteiger partial charge in [-0.05, 0) is 48.2 Å². The maximum Gasteiger partial charge on any atom is 0.224 e. The fourth-order valence-corrected chi connectivity index (χ4v) is 3.07. The van der Waals surface area contributed by atoms with Gasteiger partial charge in [-0.3, -0.25) is 4.79 Å². The van der Waals surface area contributed by atoms with Crippen molar-refractivity contribution in [2.24, 2.45) is 5.14 Å². The standard InChI is InChI=1S/C17H19ClN2O3S/c18-15-9-7-13(8-10-15)3-2-6-17(21)20-16-5-1-4-14(11-16)12-24(19,22)23/h1,4-5,7-11H,2-3,6,12H2,(H,20,21)(H2,19,22,23). The first kappa shape index (κ1) is 18.4. The lowest BCUT2D eigenvalue weighted by molar-refractivity contribution is -0.116. The van der Waals surface area contributed by atoms with E-state index < -0.39 is 10.0 Å². The van der Waals surface area contributed by atoms with Crippen LogP contribution in [0, 0.1) is 0 Å². The average Bonchev–Trinajstić information content (AvgIpc) is 2.48. The van der Waals surface area contributed by atoms with E-state index in [-0.39, 0.29) is 11.7 Å². The van der Waals surface area contributed by atoms with E-state index in [0.29, 0.717) is 29.1 Å². The molecule has 0 fully saturated rings. The van der Waals surface area contributed by atoms with Gasteiger partial charge in [-0.25, -0.2) is 13.6 Å². The first-order valence-corrected chi connectivity index (χ1v) is 9.55. The first-order valence-electron chi connectivity index (χ1n) is 7.45. The van der Waals surface area contributed by atoms with E-state index >= 15 is 0 Å². The molecule has 128 valence electrons. The number of anilines is 1. The van der Waals surface area contributed by atoms with E-state index in [2.05, 4.69) is 5.32 Å². The van der Waals surface area contributed by atoms with E-state index in [4.69, 9.17) is 16.7 Å². The number of hydrogen-bond donors (Lipinski definition) is 2. The molecule has 2 rings (SSSR count). The van der Waals surface area contributed by atoms with Gasteiger partial charge >= 0.3 is 0 Å². The van der Waals surface area contributed by atoms with Gasteiger partial charge in [-0.1, -0.05) is 35.9 Å². The number of carbonyl (C=O) groups excluding carboxylic acids is 1. The molecule has 0 heterocycles. The molecule has 3 N–H and O–H groups in total. The summed E-state index contributed by atoms with van der Waals surface area (Å²) in [6.07, 6.45) is 1.88. The SMILES string of the molecule is NS(=O)(=O)Cc1cccc(NC(=O)CCCc2ccc(Cl)cc2)c1. The maximum atomic E-state index is 12.0. The molecule has 0 radical (unpaired) electrons. The summed E-state index contributed by atoms with van der Waals surface area (Å²) in [6, 6.07) is 14.2. The van der Waals surface area contributed by atoms with Gasteiger partial charge in [0.05, 0.1) is 5.75 Å². The Bertz CT molecular complexity index is 805. The van der Waals surface area contributed by atoms with Crippen LogP contribution >= 0.6 is 11.6 Å².